The highest BCUT2D eigenvalue weighted by molar-refractivity contribution is 5.98. The quantitative estimate of drug-likeness (QED) is 0.569. The van der Waals surface area contributed by atoms with Crippen LogP contribution in [-0.2, 0) is 14.3 Å². The molecule has 216 valence electrons. The van der Waals surface area contributed by atoms with Crippen LogP contribution in [0.4, 0.5) is 0 Å². The first-order valence-electron chi connectivity index (χ1n) is 14.6. The summed E-state index contributed by atoms with van der Waals surface area (Å²) < 4.78 is 5.50. The summed E-state index contributed by atoms with van der Waals surface area (Å²) in [6, 6.07) is 6.76. The number of amides is 3. The molecule has 1 aromatic carbocycles. The van der Waals surface area contributed by atoms with Gasteiger partial charge in [-0.3, -0.25) is 19.3 Å². The van der Waals surface area contributed by atoms with Crippen LogP contribution in [0.5, 0.6) is 0 Å². The van der Waals surface area contributed by atoms with Crippen molar-refractivity contribution >= 4 is 17.7 Å². The van der Waals surface area contributed by atoms with Crippen LogP contribution in [0.1, 0.15) is 56.0 Å². The molecule has 0 spiro atoms. The number of ether oxygens (including phenoxy) is 1. The van der Waals surface area contributed by atoms with Gasteiger partial charge in [0.25, 0.3) is 5.91 Å². The number of rotatable bonds is 7. The fourth-order valence-corrected chi connectivity index (χ4v) is 5.78. The number of morpholine rings is 1. The lowest BCUT2D eigenvalue weighted by atomic mass is 9.91. The Morgan fingerprint density at radius 2 is 1.74 bits per heavy atom. The number of aryl methyl sites for hydroxylation is 1. The summed E-state index contributed by atoms with van der Waals surface area (Å²) in [5.41, 5.74) is 1.51. The molecule has 2 atom stereocenters. The number of nitrogens with zero attached hydrogens (tertiary/aromatic N) is 4. The first-order chi connectivity index (χ1) is 18.6. The van der Waals surface area contributed by atoms with E-state index in [1.54, 1.807) is 4.90 Å². The Kier molecular flexibility index (Phi) is 10.0. The normalized spacial score (nSPS) is 23.0. The number of carbonyl (C=O) groups excluding carboxylic acids is 3. The highest BCUT2D eigenvalue weighted by Gasteiger charge is 2.45. The molecule has 3 aliphatic rings. The number of hydrogen-bond acceptors (Lipinski definition) is 6. The summed E-state index contributed by atoms with van der Waals surface area (Å²) >= 11 is 0. The molecule has 0 saturated carbocycles. The van der Waals surface area contributed by atoms with Crippen LogP contribution in [-0.4, -0.2) is 122 Å². The van der Waals surface area contributed by atoms with Gasteiger partial charge in [-0.2, -0.15) is 0 Å². The molecular formula is C30H47N5O4. The topological polar surface area (TPSA) is 85.4 Å². The van der Waals surface area contributed by atoms with Crippen LogP contribution in [0.2, 0.25) is 0 Å². The highest BCUT2D eigenvalue weighted by Crippen LogP contribution is 2.29. The molecule has 0 bridgehead atoms. The molecule has 3 aliphatic heterocycles. The van der Waals surface area contributed by atoms with E-state index in [-0.39, 0.29) is 29.2 Å². The predicted octanol–water partition coefficient (Wildman–Crippen LogP) is 2.00. The van der Waals surface area contributed by atoms with Crippen molar-refractivity contribution in [2.75, 3.05) is 72.1 Å². The number of likely N-dealkylation sites (tertiary alicyclic amines) is 1. The molecule has 9 heteroatoms. The minimum Gasteiger partial charge on any atom is -0.379 e. The molecule has 0 aliphatic carbocycles. The van der Waals surface area contributed by atoms with Crippen LogP contribution in [0.3, 0.4) is 0 Å². The number of benzene rings is 1. The second kappa shape index (κ2) is 13.2. The fraction of sp³-hybridized carbons (Fsp3) is 0.700. The summed E-state index contributed by atoms with van der Waals surface area (Å²) in [5.74, 6) is -0.0474. The average Bonchev–Trinajstić information content (AvgIpc) is 3.14. The van der Waals surface area contributed by atoms with Crippen molar-refractivity contribution in [3.8, 4) is 0 Å². The molecular weight excluding hydrogens is 494 g/mol. The third-order valence-electron chi connectivity index (χ3n) is 7.98. The standard InChI is InChI=1S/C30H47N5O4/c1-23-6-8-24(9-7-23)28(37)35-22-25(20-26(35)29(38)33-12-5-10-31-11-13-33)34(27(36)21-30(2,3)4)15-14-32-16-18-39-19-17-32/h6-9,25-26,31H,5,10-22H2,1-4H3. The van der Waals surface area contributed by atoms with E-state index in [2.05, 4.69) is 31.0 Å². The molecule has 1 N–H and O–H groups in total. The predicted molar refractivity (Wildman–Crippen MR) is 152 cm³/mol. The van der Waals surface area contributed by atoms with Crippen molar-refractivity contribution in [3.63, 3.8) is 0 Å². The Balaban J connectivity index is 1.58. The zero-order chi connectivity index (χ0) is 28.0. The molecule has 0 aromatic heterocycles. The Hall–Kier alpha value is -2.49. The molecule has 39 heavy (non-hydrogen) atoms. The van der Waals surface area contributed by atoms with Crippen LogP contribution in [0.25, 0.3) is 0 Å². The minimum absolute atomic E-state index is 0.00180. The van der Waals surface area contributed by atoms with Gasteiger partial charge >= 0.3 is 0 Å². The van der Waals surface area contributed by atoms with Gasteiger partial charge in [0.1, 0.15) is 6.04 Å². The van der Waals surface area contributed by atoms with E-state index in [0.29, 0.717) is 57.8 Å². The SMILES string of the molecule is Cc1ccc(C(=O)N2CC(N(CCN3CCOCC3)C(=O)CC(C)(C)C)CC2C(=O)N2CCCNCC2)cc1. The highest BCUT2D eigenvalue weighted by atomic mass is 16.5. The molecule has 0 radical (unpaired) electrons. The van der Waals surface area contributed by atoms with E-state index in [1.165, 1.54) is 0 Å². The van der Waals surface area contributed by atoms with Gasteiger partial charge in [-0.05, 0) is 43.9 Å². The van der Waals surface area contributed by atoms with E-state index >= 15 is 0 Å². The summed E-state index contributed by atoms with van der Waals surface area (Å²) in [5, 5.41) is 3.36. The van der Waals surface area contributed by atoms with Crippen molar-refractivity contribution < 1.29 is 19.1 Å². The molecule has 3 heterocycles. The molecule has 2 unspecified atom stereocenters. The van der Waals surface area contributed by atoms with E-state index in [9.17, 15) is 14.4 Å². The van der Waals surface area contributed by atoms with Gasteiger partial charge in [0, 0.05) is 64.3 Å². The maximum Gasteiger partial charge on any atom is 0.254 e. The Morgan fingerprint density at radius 3 is 2.44 bits per heavy atom. The van der Waals surface area contributed by atoms with E-state index < -0.39 is 6.04 Å². The van der Waals surface area contributed by atoms with Crippen LogP contribution in [0, 0.1) is 12.3 Å². The second-order valence-corrected chi connectivity index (χ2v) is 12.4. The summed E-state index contributed by atoms with van der Waals surface area (Å²) in [6.07, 6.45) is 1.79. The van der Waals surface area contributed by atoms with Crippen molar-refractivity contribution in [2.45, 2.75) is 59.0 Å². The Labute approximate surface area is 233 Å². The van der Waals surface area contributed by atoms with Gasteiger partial charge < -0.3 is 24.8 Å². The first-order valence-corrected chi connectivity index (χ1v) is 14.6. The first kappa shape index (κ1) is 29.5. The molecule has 9 nitrogen and oxygen atoms in total. The van der Waals surface area contributed by atoms with Gasteiger partial charge in [-0.25, -0.2) is 0 Å². The summed E-state index contributed by atoms with van der Waals surface area (Å²) in [4.78, 5) is 49.4. The summed E-state index contributed by atoms with van der Waals surface area (Å²) in [7, 11) is 0. The zero-order valence-corrected chi connectivity index (χ0v) is 24.3. The van der Waals surface area contributed by atoms with Crippen LogP contribution >= 0.6 is 0 Å². The number of carbonyl (C=O) groups is 3. The fourth-order valence-electron chi connectivity index (χ4n) is 5.78. The average molecular weight is 542 g/mol. The summed E-state index contributed by atoms with van der Waals surface area (Å²) in [6.45, 7) is 16.0. The lowest BCUT2D eigenvalue weighted by Gasteiger charge is -2.34. The smallest absolute Gasteiger partial charge is 0.254 e. The monoisotopic (exact) mass is 541 g/mol. The largest absolute Gasteiger partial charge is 0.379 e. The van der Waals surface area contributed by atoms with Gasteiger partial charge in [-0.15, -0.1) is 0 Å². The van der Waals surface area contributed by atoms with Crippen molar-refractivity contribution in [3.05, 3.63) is 35.4 Å². The van der Waals surface area contributed by atoms with Gasteiger partial charge in [0.05, 0.1) is 19.3 Å². The third kappa shape index (κ3) is 8.02. The zero-order valence-electron chi connectivity index (χ0n) is 24.3. The van der Waals surface area contributed by atoms with Gasteiger partial charge in [0.2, 0.25) is 11.8 Å². The molecule has 3 saturated heterocycles. The molecule has 1 aromatic rings. The minimum atomic E-state index is -0.574. The van der Waals surface area contributed by atoms with Gasteiger partial charge in [0.15, 0.2) is 0 Å². The van der Waals surface area contributed by atoms with Crippen molar-refractivity contribution in [1.29, 1.82) is 0 Å². The Morgan fingerprint density at radius 1 is 1.03 bits per heavy atom. The van der Waals surface area contributed by atoms with Gasteiger partial charge in [-0.1, -0.05) is 38.5 Å². The maximum absolute atomic E-state index is 13.9. The lowest BCUT2D eigenvalue weighted by Crippen LogP contribution is -2.49. The van der Waals surface area contributed by atoms with Crippen LogP contribution in [0.15, 0.2) is 24.3 Å². The van der Waals surface area contributed by atoms with Crippen molar-refractivity contribution in [2.24, 2.45) is 5.41 Å². The van der Waals surface area contributed by atoms with Crippen LogP contribution < -0.4 is 5.32 Å². The lowest BCUT2D eigenvalue weighted by molar-refractivity contribution is -0.137. The second-order valence-electron chi connectivity index (χ2n) is 12.4. The van der Waals surface area contributed by atoms with E-state index in [4.69, 9.17) is 4.74 Å². The third-order valence-corrected chi connectivity index (χ3v) is 7.98. The number of hydrogen-bond donors (Lipinski definition) is 1. The molecule has 3 amide bonds. The van der Waals surface area contributed by atoms with Crippen molar-refractivity contribution in [1.82, 2.24) is 24.9 Å². The number of nitrogens with one attached hydrogen (secondary N) is 1. The Bertz CT molecular complexity index is 978. The molecule has 4 rings (SSSR count). The maximum atomic E-state index is 13.9. The van der Waals surface area contributed by atoms with E-state index in [1.807, 2.05) is 41.0 Å². The van der Waals surface area contributed by atoms with E-state index in [0.717, 1.165) is 44.7 Å². The molecule has 3 fully saturated rings.